The number of rotatable bonds is 4. The van der Waals surface area contributed by atoms with Crippen LogP contribution in [0.2, 0.25) is 0 Å². The van der Waals surface area contributed by atoms with Crippen LogP contribution in [-0.4, -0.2) is 66.6 Å². The Labute approximate surface area is 137 Å². The summed E-state index contributed by atoms with van der Waals surface area (Å²) >= 11 is 0. The molecule has 2 fully saturated rings. The molecule has 7 nitrogen and oxygen atoms in total. The monoisotopic (exact) mass is 321 g/mol. The Balaban J connectivity index is 1.67. The van der Waals surface area contributed by atoms with Crippen LogP contribution in [0.1, 0.15) is 25.5 Å². The van der Waals surface area contributed by atoms with Gasteiger partial charge in [-0.15, -0.1) is 0 Å². The summed E-state index contributed by atoms with van der Waals surface area (Å²) in [4.78, 5) is 7.12. The number of aryl methyl sites for hydroxylation is 1. The minimum absolute atomic E-state index is 0.0453. The van der Waals surface area contributed by atoms with E-state index in [-0.39, 0.29) is 11.5 Å². The maximum atomic E-state index is 5.92. The molecule has 3 heterocycles. The predicted octanol–water partition coefficient (Wildman–Crippen LogP) is 0.795. The standard InChI is InChI=1S/C16H27N5O2/c1-4-17-15(18-10-16(2)11-22-12-16)21-5-6-23-14(9-21)13-7-19-20(3)8-13/h7-8,14H,4-6,9-12H2,1-3H3,(H,17,18). The number of aliphatic imine (C=N–C) groups is 1. The molecule has 0 radical (unpaired) electrons. The molecule has 0 saturated carbocycles. The average Bonchev–Trinajstić information content (AvgIpc) is 2.96. The van der Waals surface area contributed by atoms with Crippen molar-refractivity contribution < 1.29 is 9.47 Å². The zero-order valence-corrected chi connectivity index (χ0v) is 14.3. The predicted molar refractivity (Wildman–Crippen MR) is 88.4 cm³/mol. The van der Waals surface area contributed by atoms with Crippen LogP contribution >= 0.6 is 0 Å². The summed E-state index contributed by atoms with van der Waals surface area (Å²) in [6.45, 7) is 9.94. The Morgan fingerprint density at radius 2 is 2.35 bits per heavy atom. The second-order valence-corrected chi connectivity index (χ2v) is 6.73. The summed E-state index contributed by atoms with van der Waals surface area (Å²) < 4.78 is 13.1. The first-order valence-electron chi connectivity index (χ1n) is 8.31. The molecule has 1 N–H and O–H groups in total. The second-order valence-electron chi connectivity index (χ2n) is 6.73. The SMILES string of the molecule is CCNC(=NCC1(C)COC1)N1CCOC(c2cnn(C)c2)C1. The molecule has 0 aliphatic carbocycles. The van der Waals surface area contributed by atoms with Crippen LogP contribution < -0.4 is 5.32 Å². The highest BCUT2D eigenvalue weighted by molar-refractivity contribution is 5.80. The van der Waals surface area contributed by atoms with E-state index in [1.807, 2.05) is 24.1 Å². The highest BCUT2D eigenvalue weighted by Crippen LogP contribution is 2.27. The maximum absolute atomic E-state index is 5.92. The smallest absolute Gasteiger partial charge is 0.194 e. The molecule has 23 heavy (non-hydrogen) atoms. The highest BCUT2D eigenvalue weighted by Gasteiger charge is 2.33. The second kappa shape index (κ2) is 6.88. The van der Waals surface area contributed by atoms with Gasteiger partial charge in [-0.3, -0.25) is 9.67 Å². The lowest BCUT2D eigenvalue weighted by Gasteiger charge is -2.38. The Morgan fingerprint density at radius 1 is 1.52 bits per heavy atom. The molecule has 1 aromatic heterocycles. The topological polar surface area (TPSA) is 63.9 Å². The Morgan fingerprint density at radius 3 is 2.96 bits per heavy atom. The van der Waals surface area contributed by atoms with Crippen molar-refractivity contribution in [3.8, 4) is 0 Å². The molecular weight excluding hydrogens is 294 g/mol. The number of hydrogen-bond acceptors (Lipinski definition) is 4. The minimum Gasteiger partial charge on any atom is -0.380 e. The van der Waals surface area contributed by atoms with Crippen molar-refractivity contribution in [2.75, 3.05) is 46.0 Å². The molecule has 1 atom stereocenters. The van der Waals surface area contributed by atoms with Gasteiger partial charge < -0.3 is 19.7 Å². The van der Waals surface area contributed by atoms with Crippen LogP contribution in [0.25, 0.3) is 0 Å². The van der Waals surface area contributed by atoms with Crippen molar-refractivity contribution in [1.82, 2.24) is 20.0 Å². The zero-order valence-electron chi connectivity index (χ0n) is 14.3. The number of morpholine rings is 1. The van der Waals surface area contributed by atoms with Gasteiger partial charge in [0.15, 0.2) is 5.96 Å². The lowest BCUT2D eigenvalue weighted by atomic mass is 9.89. The van der Waals surface area contributed by atoms with Gasteiger partial charge in [0, 0.05) is 37.3 Å². The number of ether oxygens (including phenoxy) is 2. The van der Waals surface area contributed by atoms with Gasteiger partial charge in [0.1, 0.15) is 6.10 Å². The average molecular weight is 321 g/mol. The summed E-state index contributed by atoms with van der Waals surface area (Å²) in [5, 5.41) is 7.65. The van der Waals surface area contributed by atoms with Crippen molar-refractivity contribution in [2.45, 2.75) is 20.0 Å². The van der Waals surface area contributed by atoms with Crippen molar-refractivity contribution >= 4 is 5.96 Å². The number of hydrogen-bond donors (Lipinski definition) is 1. The molecule has 128 valence electrons. The van der Waals surface area contributed by atoms with E-state index in [0.29, 0.717) is 6.61 Å². The molecule has 2 saturated heterocycles. The molecule has 0 spiro atoms. The highest BCUT2D eigenvalue weighted by atomic mass is 16.5. The van der Waals surface area contributed by atoms with Crippen molar-refractivity contribution in [3.63, 3.8) is 0 Å². The van der Waals surface area contributed by atoms with Crippen LogP contribution in [0.5, 0.6) is 0 Å². The number of guanidine groups is 1. The van der Waals surface area contributed by atoms with Gasteiger partial charge in [0.05, 0.1) is 39.1 Å². The van der Waals surface area contributed by atoms with E-state index in [2.05, 4.69) is 29.2 Å². The molecule has 0 aromatic carbocycles. The van der Waals surface area contributed by atoms with Gasteiger partial charge in [0.2, 0.25) is 0 Å². The van der Waals surface area contributed by atoms with Gasteiger partial charge in [-0.25, -0.2) is 0 Å². The van der Waals surface area contributed by atoms with E-state index in [0.717, 1.165) is 50.9 Å². The van der Waals surface area contributed by atoms with Gasteiger partial charge in [0.25, 0.3) is 0 Å². The molecule has 0 bridgehead atoms. The molecular formula is C16H27N5O2. The van der Waals surface area contributed by atoms with Gasteiger partial charge in [-0.05, 0) is 6.92 Å². The van der Waals surface area contributed by atoms with Crippen LogP contribution in [0, 0.1) is 5.41 Å². The van der Waals surface area contributed by atoms with Crippen LogP contribution in [-0.2, 0) is 16.5 Å². The first-order valence-corrected chi connectivity index (χ1v) is 8.31. The van der Waals surface area contributed by atoms with E-state index in [1.54, 1.807) is 0 Å². The summed E-state index contributed by atoms with van der Waals surface area (Å²) in [5.74, 6) is 0.970. The van der Waals surface area contributed by atoms with E-state index in [9.17, 15) is 0 Å². The largest absolute Gasteiger partial charge is 0.380 e. The van der Waals surface area contributed by atoms with E-state index in [1.165, 1.54) is 0 Å². The van der Waals surface area contributed by atoms with Crippen LogP contribution in [0.3, 0.4) is 0 Å². The van der Waals surface area contributed by atoms with E-state index in [4.69, 9.17) is 14.5 Å². The molecule has 0 amide bonds. The summed E-state index contributed by atoms with van der Waals surface area (Å²) in [5.41, 5.74) is 1.31. The molecule has 2 aliphatic rings. The first kappa shape index (κ1) is 16.3. The van der Waals surface area contributed by atoms with E-state index >= 15 is 0 Å². The lowest BCUT2D eigenvalue weighted by Crippen LogP contribution is -2.49. The Hall–Kier alpha value is -1.60. The first-order chi connectivity index (χ1) is 11.1. The van der Waals surface area contributed by atoms with Crippen LogP contribution in [0.15, 0.2) is 17.4 Å². The molecule has 7 heteroatoms. The molecule has 3 rings (SSSR count). The molecule has 1 aromatic rings. The Kier molecular flexibility index (Phi) is 4.87. The van der Waals surface area contributed by atoms with Gasteiger partial charge >= 0.3 is 0 Å². The quantitative estimate of drug-likeness (QED) is 0.656. The fourth-order valence-electron chi connectivity index (χ4n) is 2.88. The third-order valence-electron chi connectivity index (χ3n) is 4.31. The third-order valence-corrected chi connectivity index (χ3v) is 4.31. The van der Waals surface area contributed by atoms with Crippen molar-refractivity contribution in [2.24, 2.45) is 17.5 Å². The third kappa shape index (κ3) is 3.84. The minimum atomic E-state index is 0.0453. The lowest BCUT2D eigenvalue weighted by molar-refractivity contribution is -0.0947. The molecule has 2 aliphatic heterocycles. The van der Waals surface area contributed by atoms with Gasteiger partial charge in [-0.2, -0.15) is 5.10 Å². The van der Waals surface area contributed by atoms with Crippen molar-refractivity contribution in [1.29, 1.82) is 0 Å². The summed E-state index contributed by atoms with van der Waals surface area (Å²) in [6.07, 6.45) is 3.94. The van der Waals surface area contributed by atoms with E-state index < -0.39 is 0 Å². The number of nitrogens with zero attached hydrogens (tertiary/aromatic N) is 4. The normalized spacial score (nSPS) is 24.4. The zero-order chi connectivity index (χ0) is 16.3. The van der Waals surface area contributed by atoms with Gasteiger partial charge in [-0.1, -0.05) is 6.92 Å². The Bertz CT molecular complexity index is 552. The maximum Gasteiger partial charge on any atom is 0.194 e. The molecule has 1 unspecified atom stereocenters. The summed E-state index contributed by atoms with van der Waals surface area (Å²) in [7, 11) is 1.93. The van der Waals surface area contributed by atoms with Crippen LogP contribution in [0.4, 0.5) is 0 Å². The fraction of sp³-hybridized carbons (Fsp3) is 0.750. The number of nitrogens with one attached hydrogen (secondary N) is 1. The number of aromatic nitrogens is 2. The summed E-state index contributed by atoms with van der Waals surface area (Å²) in [6, 6.07) is 0. The van der Waals surface area contributed by atoms with Crippen molar-refractivity contribution in [3.05, 3.63) is 18.0 Å². The fourth-order valence-corrected chi connectivity index (χ4v) is 2.88.